The third kappa shape index (κ3) is 3.08. The normalized spacial score (nSPS) is 10.9. The lowest BCUT2D eigenvalue weighted by atomic mass is 10.1. The van der Waals surface area contributed by atoms with E-state index >= 15 is 0 Å². The molecule has 0 aliphatic heterocycles. The number of nitrogens with zero attached hydrogens (tertiary/aromatic N) is 2. The number of hydrogen-bond acceptors (Lipinski definition) is 3. The van der Waals surface area contributed by atoms with Gasteiger partial charge in [-0.3, -0.25) is 0 Å². The molecule has 0 unspecified atom stereocenters. The van der Waals surface area contributed by atoms with E-state index in [4.69, 9.17) is 11.6 Å². The van der Waals surface area contributed by atoms with Gasteiger partial charge in [0.05, 0.1) is 0 Å². The molecular weight excluding hydrogens is 222 g/mol. The van der Waals surface area contributed by atoms with Crippen LogP contribution < -0.4 is 5.32 Å². The van der Waals surface area contributed by atoms with Gasteiger partial charge in [-0.2, -0.15) is 0 Å². The van der Waals surface area contributed by atoms with Crippen molar-refractivity contribution in [3.8, 4) is 0 Å². The van der Waals surface area contributed by atoms with Gasteiger partial charge in [-0.1, -0.05) is 32.4 Å². The fourth-order valence-electron chi connectivity index (χ4n) is 1.52. The van der Waals surface area contributed by atoms with Gasteiger partial charge in [0.1, 0.15) is 16.8 Å². The van der Waals surface area contributed by atoms with E-state index in [0.29, 0.717) is 11.2 Å². The zero-order valence-corrected chi connectivity index (χ0v) is 11.2. The summed E-state index contributed by atoms with van der Waals surface area (Å²) in [4.78, 5) is 8.71. The summed E-state index contributed by atoms with van der Waals surface area (Å²) in [5, 5.41) is 3.98. The van der Waals surface area contributed by atoms with Crippen molar-refractivity contribution in [2.24, 2.45) is 0 Å². The summed E-state index contributed by atoms with van der Waals surface area (Å²) in [6.07, 6.45) is 2.97. The van der Waals surface area contributed by atoms with Gasteiger partial charge in [0, 0.05) is 18.0 Å². The highest BCUT2D eigenvalue weighted by molar-refractivity contribution is 6.30. The Morgan fingerprint density at radius 2 is 1.81 bits per heavy atom. The summed E-state index contributed by atoms with van der Waals surface area (Å²) in [5.74, 6) is 1.68. The van der Waals surface area contributed by atoms with Crippen molar-refractivity contribution >= 4 is 17.4 Å². The van der Waals surface area contributed by atoms with Crippen LogP contribution in [0.25, 0.3) is 0 Å². The van der Waals surface area contributed by atoms with Crippen LogP contribution in [-0.2, 0) is 6.42 Å². The standard InChI is InChI=1S/C12H20ClN3/c1-5-9(6-2)14-12-8(4)11(13)15-10(7-3)16-12/h9H,5-7H2,1-4H3,(H,14,15,16). The summed E-state index contributed by atoms with van der Waals surface area (Å²) >= 11 is 6.08. The highest BCUT2D eigenvalue weighted by Crippen LogP contribution is 2.21. The Balaban J connectivity index is 2.97. The Morgan fingerprint density at radius 3 is 2.31 bits per heavy atom. The third-order valence-electron chi connectivity index (χ3n) is 2.78. The molecule has 0 spiro atoms. The van der Waals surface area contributed by atoms with Crippen LogP contribution >= 0.6 is 11.6 Å². The second-order valence-electron chi connectivity index (χ2n) is 3.92. The number of hydrogen-bond donors (Lipinski definition) is 1. The molecule has 0 saturated heterocycles. The summed E-state index contributed by atoms with van der Waals surface area (Å²) in [7, 11) is 0. The molecule has 90 valence electrons. The molecule has 3 nitrogen and oxygen atoms in total. The lowest BCUT2D eigenvalue weighted by Gasteiger charge is -2.17. The van der Waals surface area contributed by atoms with Gasteiger partial charge < -0.3 is 5.32 Å². The first-order valence-electron chi connectivity index (χ1n) is 5.91. The Bertz CT molecular complexity index is 348. The number of aromatic nitrogens is 2. The topological polar surface area (TPSA) is 37.8 Å². The maximum atomic E-state index is 6.08. The summed E-state index contributed by atoms with van der Waals surface area (Å²) in [6, 6.07) is 0.453. The number of rotatable bonds is 5. The second kappa shape index (κ2) is 6.04. The van der Waals surface area contributed by atoms with E-state index in [1.165, 1.54) is 0 Å². The molecule has 0 bridgehead atoms. The van der Waals surface area contributed by atoms with E-state index < -0.39 is 0 Å². The molecule has 0 radical (unpaired) electrons. The molecule has 1 aromatic rings. The van der Waals surface area contributed by atoms with E-state index in [-0.39, 0.29) is 0 Å². The van der Waals surface area contributed by atoms with Gasteiger partial charge in [-0.25, -0.2) is 9.97 Å². The van der Waals surface area contributed by atoms with Crippen molar-refractivity contribution in [3.05, 3.63) is 16.5 Å². The van der Waals surface area contributed by atoms with Crippen molar-refractivity contribution < 1.29 is 0 Å². The minimum absolute atomic E-state index is 0.453. The van der Waals surface area contributed by atoms with Gasteiger partial charge in [0.2, 0.25) is 0 Å². The van der Waals surface area contributed by atoms with Gasteiger partial charge in [0.25, 0.3) is 0 Å². The van der Waals surface area contributed by atoms with Crippen LogP contribution in [0.5, 0.6) is 0 Å². The van der Waals surface area contributed by atoms with Gasteiger partial charge in [-0.05, 0) is 19.8 Å². The van der Waals surface area contributed by atoms with Crippen LogP contribution in [0.2, 0.25) is 5.15 Å². The van der Waals surface area contributed by atoms with E-state index in [0.717, 1.165) is 36.5 Å². The Morgan fingerprint density at radius 1 is 1.19 bits per heavy atom. The summed E-state index contributed by atoms with van der Waals surface area (Å²) in [6.45, 7) is 8.31. The van der Waals surface area contributed by atoms with Gasteiger partial charge >= 0.3 is 0 Å². The van der Waals surface area contributed by atoms with E-state index in [1.54, 1.807) is 0 Å². The summed E-state index contributed by atoms with van der Waals surface area (Å²) in [5.41, 5.74) is 0.936. The zero-order valence-electron chi connectivity index (χ0n) is 10.5. The van der Waals surface area contributed by atoms with Crippen molar-refractivity contribution in [2.45, 2.75) is 53.0 Å². The SMILES string of the molecule is CCc1nc(Cl)c(C)c(NC(CC)CC)n1. The average Bonchev–Trinajstić information content (AvgIpc) is 2.30. The third-order valence-corrected chi connectivity index (χ3v) is 3.14. The van der Waals surface area contributed by atoms with Crippen LogP contribution in [-0.4, -0.2) is 16.0 Å². The van der Waals surface area contributed by atoms with Gasteiger partial charge in [0.15, 0.2) is 0 Å². The molecule has 1 heterocycles. The van der Waals surface area contributed by atoms with Crippen molar-refractivity contribution in [1.82, 2.24) is 9.97 Å². The molecule has 1 aromatic heterocycles. The van der Waals surface area contributed by atoms with Crippen LogP contribution in [0.3, 0.4) is 0 Å². The van der Waals surface area contributed by atoms with Crippen molar-refractivity contribution in [1.29, 1.82) is 0 Å². The molecule has 0 fully saturated rings. The maximum Gasteiger partial charge on any atom is 0.137 e. The highest BCUT2D eigenvalue weighted by atomic mass is 35.5. The number of anilines is 1. The molecule has 0 aliphatic carbocycles. The molecule has 0 aliphatic rings. The second-order valence-corrected chi connectivity index (χ2v) is 4.27. The first-order chi connectivity index (χ1) is 7.62. The van der Waals surface area contributed by atoms with Crippen LogP contribution in [0.1, 0.15) is 45.0 Å². The number of halogens is 1. The molecule has 4 heteroatoms. The Labute approximate surface area is 103 Å². The first-order valence-corrected chi connectivity index (χ1v) is 6.29. The van der Waals surface area contributed by atoms with Crippen LogP contribution in [0, 0.1) is 6.92 Å². The molecule has 1 N–H and O–H groups in total. The molecule has 0 saturated carbocycles. The van der Waals surface area contributed by atoms with E-state index in [9.17, 15) is 0 Å². The number of nitrogens with one attached hydrogen (secondary N) is 1. The molecule has 1 rings (SSSR count). The lowest BCUT2D eigenvalue weighted by molar-refractivity contribution is 0.666. The predicted octanol–water partition coefficient (Wildman–Crippen LogP) is 3.60. The molecule has 16 heavy (non-hydrogen) atoms. The zero-order chi connectivity index (χ0) is 12.1. The first kappa shape index (κ1) is 13.2. The van der Waals surface area contributed by atoms with Crippen LogP contribution in [0.15, 0.2) is 0 Å². The van der Waals surface area contributed by atoms with Crippen LogP contribution in [0.4, 0.5) is 5.82 Å². The fraction of sp³-hybridized carbons (Fsp3) is 0.667. The lowest BCUT2D eigenvalue weighted by Crippen LogP contribution is -2.19. The van der Waals surface area contributed by atoms with E-state index in [2.05, 4.69) is 29.1 Å². The highest BCUT2D eigenvalue weighted by Gasteiger charge is 2.11. The van der Waals surface area contributed by atoms with E-state index in [1.807, 2.05) is 13.8 Å². The maximum absolute atomic E-state index is 6.08. The number of aryl methyl sites for hydroxylation is 1. The molecule has 0 atom stereocenters. The Hall–Kier alpha value is -0.830. The minimum atomic E-state index is 0.453. The monoisotopic (exact) mass is 241 g/mol. The summed E-state index contributed by atoms with van der Waals surface area (Å²) < 4.78 is 0. The smallest absolute Gasteiger partial charge is 0.137 e. The average molecular weight is 242 g/mol. The minimum Gasteiger partial charge on any atom is -0.367 e. The molecule has 0 aromatic carbocycles. The molecule has 0 amide bonds. The largest absolute Gasteiger partial charge is 0.367 e. The van der Waals surface area contributed by atoms with Crippen molar-refractivity contribution in [2.75, 3.05) is 5.32 Å². The van der Waals surface area contributed by atoms with Crippen molar-refractivity contribution in [3.63, 3.8) is 0 Å². The fourth-order valence-corrected chi connectivity index (χ4v) is 1.70. The quantitative estimate of drug-likeness (QED) is 0.801. The Kier molecular flexibility index (Phi) is 5.00. The predicted molar refractivity (Wildman–Crippen MR) is 69.1 cm³/mol. The van der Waals surface area contributed by atoms with Gasteiger partial charge in [-0.15, -0.1) is 0 Å². The molecular formula is C12H20ClN3.